The molecule has 0 atom stereocenters. The van der Waals surface area contributed by atoms with E-state index in [0.29, 0.717) is 11.4 Å². The Hall–Kier alpha value is -2.49. The summed E-state index contributed by atoms with van der Waals surface area (Å²) in [6.07, 6.45) is 1.56. The Morgan fingerprint density at radius 3 is 2.57 bits per heavy atom. The zero-order valence-electron chi connectivity index (χ0n) is 12.7. The second-order valence-corrected chi connectivity index (χ2v) is 5.76. The number of aromatic nitrogens is 1. The molecule has 0 spiro atoms. The molecule has 0 fully saturated rings. The molecule has 2 amide bonds. The smallest absolute Gasteiger partial charge is 0.322 e. The van der Waals surface area contributed by atoms with Gasteiger partial charge in [0.05, 0.1) is 12.0 Å². The summed E-state index contributed by atoms with van der Waals surface area (Å²) in [6, 6.07) is 3.22. The van der Waals surface area contributed by atoms with Gasteiger partial charge in [-0.15, -0.1) is 0 Å². The molecule has 0 bridgehead atoms. The number of aliphatic carboxylic acids is 1. The third-order valence-corrected chi connectivity index (χ3v) is 2.91. The number of anilines is 1. The van der Waals surface area contributed by atoms with Crippen LogP contribution in [-0.4, -0.2) is 40.2 Å². The maximum absolute atomic E-state index is 12.0. The van der Waals surface area contributed by atoms with E-state index < -0.39 is 12.0 Å². The molecule has 0 aliphatic heterocycles. The van der Waals surface area contributed by atoms with Crippen LogP contribution in [0.25, 0.3) is 0 Å². The molecule has 0 saturated carbocycles. The van der Waals surface area contributed by atoms with E-state index in [0.717, 1.165) is 0 Å². The second kappa shape index (κ2) is 6.31. The molecule has 21 heavy (non-hydrogen) atoms. The van der Waals surface area contributed by atoms with Gasteiger partial charge in [-0.1, -0.05) is 0 Å². The third-order valence-electron chi connectivity index (χ3n) is 2.91. The quantitative estimate of drug-likeness (QED) is 0.887. The van der Waals surface area contributed by atoms with Crippen LogP contribution in [0, 0.1) is 11.3 Å². The molecule has 2 N–H and O–H groups in total. The molecule has 0 aliphatic carbocycles. The Morgan fingerprint density at radius 2 is 2.10 bits per heavy atom. The van der Waals surface area contributed by atoms with Crippen molar-refractivity contribution in [2.24, 2.45) is 0 Å². The van der Waals surface area contributed by atoms with Crippen LogP contribution in [0.2, 0.25) is 0 Å². The van der Waals surface area contributed by atoms with Crippen LogP contribution < -0.4 is 5.32 Å². The zero-order chi connectivity index (χ0) is 16.2. The van der Waals surface area contributed by atoms with Crippen LogP contribution in [-0.2, 0) is 10.3 Å². The first kappa shape index (κ1) is 16.6. The highest BCUT2D eigenvalue weighted by Crippen LogP contribution is 2.24. The number of urea groups is 1. The molecule has 0 unspecified atom stereocenters. The van der Waals surface area contributed by atoms with E-state index in [2.05, 4.69) is 5.32 Å². The summed E-state index contributed by atoms with van der Waals surface area (Å²) < 4.78 is 1.80. The highest BCUT2D eigenvalue weighted by atomic mass is 16.4. The molecule has 7 heteroatoms. The molecule has 114 valence electrons. The zero-order valence-corrected chi connectivity index (χ0v) is 12.7. The maximum atomic E-state index is 12.0. The van der Waals surface area contributed by atoms with Crippen molar-refractivity contribution < 1.29 is 14.7 Å². The number of amides is 2. The largest absolute Gasteiger partial charge is 0.481 e. The number of hydrogen-bond acceptors (Lipinski definition) is 3. The molecule has 0 aliphatic rings. The van der Waals surface area contributed by atoms with Gasteiger partial charge in [0.25, 0.3) is 0 Å². The number of carboxylic acids is 1. The second-order valence-electron chi connectivity index (χ2n) is 5.76. The first-order chi connectivity index (χ1) is 9.65. The fourth-order valence-corrected chi connectivity index (χ4v) is 1.75. The molecule has 1 aromatic rings. The fraction of sp³-hybridized carbons (Fsp3) is 0.500. The van der Waals surface area contributed by atoms with Crippen molar-refractivity contribution in [1.82, 2.24) is 9.47 Å². The van der Waals surface area contributed by atoms with E-state index in [1.54, 1.807) is 16.8 Å². The molecule has 0 saturated heterocycles. The number of rotatable bonds is 4. The minimum absolute atomic E-state index is 0.114. The van der Waals surface area contributed by atoms with E-state index in [4.69, 9.17) is 10.4 Å². The van der Waals surface area contributed by atoms with E-state index in [1.165, 1.54) is 11.9 Å². The lowest BCUT2D eigenvalue weighted by atomic mass is 10.1. The summed E-state index contributed by atoms with van der Waals surface area (Å²) in [7, 11) is 1.52. The molecule has 0 aromatic carbocycles. The van der Waals surface area contributed by atoms with Gasteiger partial charge in [-0.05, 0) is 26.8 Å². The van der Waals surface area contributed by atoms with Crippen molar-refractivity contribution in [3.05, 3.63) is 17.8 Å². The van der Waals surface area contributed by atoms with Crippen molar-refractivity contribution in [3.8, 4) is 6.07 Å². The number of nitrogens with one attached hydrogen (secondary N) is 1. The van der Waals surface area contributed by atoms with Crippen molar-refractivity contribution in [2.75, 3.05) is 18.9 Å². The van der Waals surface area contributed by atoms with Gasteiger partial charge in [-0.25, -0.2) is 4.79 Å². The normalized spacial score (nSPS) is 10.8. The van der Waals surface area contributed by atoms with Crippen LogP contribution in [0.4, 0.5) is 10.6 Å². The SMILES string of the molecule is CN(CCC(=O)O)C(=O)Nc1cc(C#N)cn1C(C)(C)C. The minimum Gasteiger partial charge on any atom is -0.481 e. The summed E-state index contributed by atoms with van der Waals surface area (Å²) >= 11 is 0. The van der Waals surface area contributed by atoms with Gasteiger partial charge in [-0.3, -0.25) is 10.1 Å². The van der Waals surface area contributed by atoms with E-state index in [9.17, 15) is 9.59 Å². The average Bonchev–Trinajstić information content (AvgIpc) is 2.78. The lowest BCUT2D eigenvalue weighted by molar-refractivity contribution is -0.137. The Labute approximate surface area is 123 Å². The highest BCUT2D eigenvalue weighted by molar-refractivity contribution is 5.88. The summed E-state index contributed by atoms with van der Waals surface area (Å²) in [6.45, 7) is 5.98. The number of carbonyl (C=O) groups excluding carboxylic acids is 1. The van der Waals surface area contributed by atoms with Gasteiger partial charge in [0, 0.05) is 25.3 Å². The van der Waals surface area contributed by atoms with Gasteiger partial charge in [-0.2, -0.15) is 5.26 Å². The number of nitrogens with zero attached hydrogens (tertiary/aromatic N) is 3. The Balaban J connectivity index is 2.87. The monoisotopic (exact) mass is 292 g/mol. The van der Waals surface area contributed by atoms with Crippen LogP contribution in [0.5, 0.6) is 0 Å². The summed E-state index contributed by atoms with van der Waals surface area (Å²) in [5.74, 6) is -0.453. The van der Waals surface area contributed by atoms with Crippen molar-refractivity contribution in [2.45, 2.75) is 32.7 Å². The van der Waals surface area contributed by atoms with Gasteiger partial charge < -0.3 is 14.6 Å². The van der Waals surface area contributed by atoms with Crippen LogP contribution >= 0.6 is 0 Å². The number of hydrogen-bond donors (Lipinski definition) is 2. The molecule has 1 rings (SSSR count). The van der Waals surface area contributed by atoms with Gasteiger partial charge in [0.1, 0.15) is 11.9 Å². The molecular formula is C14H20N4O3. The number of nitriles is 1. The van der Waals surface area contributed by atoms with Crippen molar-refractivity contribution in [3.63, 3.8) is 0 Å². The lowest BCUT2D eigenvalue weighted by Crippen LogP contribution is -2.34. The standard InChI is InChI=1S/C14H20N4O3/c1-14(2,3)18-9-10(8-15)7-11(18)16-13(21)17(4)6-5-12(19)20/h7,9H,5-6H2,1-4H3,(H,16,21)(H,19,20). The van der Waals surface area contributed by atoms with Crippen LogP contribution in [0.15, 0.2) is 12.3 Å². The molecule has 7 nitrogen and oxygen atoms in total. The van der Waals surface area contributed by atoms with Crippen molar-refractivity contribution in [1.29, 1.82) is 5.26 Å². The third kappa shape index (κ3) is 4.53. The van der Waals surface area contributed by atoms with Gasteiger partial charge >= 0.3 is 12.0 Å². The highest BCUT2D eigenvalue weighted by Gasteiger charge is 2.20. The van der Waals surface area contributed by atoms with E-state index in [-0.39, 0.29) is 18.5 Å². The minimum atomic E-state index is -0.959. The predicted molar refractivity (Wildman–Crippen MR) is 78.0 cm³/mol. The van der Waals surface area contributed by atoms with Crippen LogP contribution in [0.1, 0.15) is 32.8 Å². The Kier molecular flexibility index (Phi) is 4.97. The maximum Gasteiger partial charge on any atom is 0.322 e. The molecule has 0 radical (unpaired) electrons. The van der Waals surface area contributed by atoms with Gasteiger partial charge in [0.15, 0.2) is 0 Å². The van der Waals surface area contributed by atoms with E-state index in [1.807, 2.05) is 26.8 Å². The first-order valence-corrected chi connectivity index (χ1v) is 6.52. The summed E-state index contributed by atoms with van der Waals surface area (Å²) in [4.78, 5) is 23.8. The first-order valence-electron chi connectivity index (χ1n) is 6.52. The average molecular weight is 292 g/mol. The summed E-state index contributed by atoms with van der Waals surface area (Å²) in [5.41, 5.74) is 0.158. The lowest BCUT2D eigenvalue weighted by Gasteiger charge is -2.25. The molecular weight excluding hydrogens is 272 g/mol. The van der Waals surface area contributed by atoms with Crippen molar-refractivity contribution >= 4 is 17.8 Å². The van der Waals surface area contributed by atoms with Gasteiger partial charge in [0.2, 0.25) is 0 Å². The molecule has 1 heterocycles. The fourth-order valence-electron chi connectivity index (χ4n) is 1.75. The Bertz CT molecular complexity index is 578. The number of carboxylic acid groups (broad SMARTS) is 1. The van der Waals surface area contributed by atoms with E-state index >= 15 is 0 Å². The number of carbonyl (C=O) groups is 2. The molecule has 1 aromatic heterocycles. The Morgan fingerprint density at radius 1 is 1.48 bits per heavy atom. The predicted octanol–water partition coefficient (Wildman–Crippen LogP) is 2.05. The topological polar surface area (TPSA) is 98.4 Å². The summed E-state index contributed by atoms with van der Waals surface area (Å²) in [5, 5.41) is 20.3. The van der Waals surface area contributed by atoms with Crippen LogP contribution in [0.3, 0.4) is 0 Å².